The molecule has 0 fully saturated rings. The van der Waals surface area contributed by atoms with Gasteiger partial charge in [-0.1, -0.05) is 11.8 Å². The van der Waals surface area contributed by atoms with Gasteiger partial charge in [0.1, 0.15) is 23.2 Å². The number of aromatic nitrogens is 2. The highest BCUT2D eigenvalue weighted by molar-refractivity contribution is 7.99. The number of nitriles is 1. The minimum Gasteiger partial charge on any atom is -0.493 e. The van der Waals surface area contributed by atoms with Crippen molar-refractivity contribution >= 4 is 27.6 Å². The molecule has 1 aromatic heterocycles. The minimum absolute atomic E-state index is 0.151. The van der Waals surface area contributed by atoms with E-state index in [9.17, 15) is 8.42 Å². The van der Waals surface area contributed by atoms with Crippen LogP contribution in [0, 0.1) is 11.3 Å². The van der Waals surface area contributed by atoms with Crippen LogP contribution in [0.4, 0.5) is 5.82 Å². The molecule has 10 heteroatoms. The second-order valence-electron chi connectivity index (χ2n) is 5.02. The minimum atomic E-state index is -3.44. The van der Waals surface area contributed by atoms with Crippen LogP contribution in [-0.2, 0) is 10.0 Å². The Kier molecular flexibility index (Phi) is 6.19. The van der Waals surface area contributed by atoms with E-state index in [-0.39, 0.29) is 16.3 Å². The number of sulfonamides is 1. The SMILES string of the molecule is CN(C)S(=O)(=O)c1ccc(OCCSc2ncc(C#N)c(N)n2)cc1. The van der Waals surface area contributed by atoms with Crippen molar-refractivity contribution < 1.29 is 13.2 Å². The van der Waals surface area contributed by atoms with Crippen LogP contribution in [0.5, 0.6) is 5.75 Å². The molecule has 0 radical (unpaired) electrons. The van der Waals surface area contributed by atoms with Crippen molar-refractivity contribution in [1.29, 1.82) is 5.26 Å². The highest BCUT2D eigenvalue weighted by Crippen LogP contribution is 2.19. The number of hydrogen-bond donors (Lipinski definition) is 1. The average Bonchev–Trinajstić information content (AvgIpc) is 2.59. The Morgan fingerprint density at radius 1 is 1.32 bits per heavy atom. The molecular weight excluding hydrogens is 362 g/mol. The standard InChI is InChI=1S/C15H17N5O3S2/c1-20(2)25(21,22)13-5-3-12(4-6-13)23-7-8-24-15-18-10-11(9-16)14(17)19-15/h3-6,10H,7-8H2,1-2H3,(H2,17,18,19). The Hall–Kier alpha value is -2.35. The van der Waals surface area contributed by atoms with Gasteiger partial charge in [-0.15, -0.1) is 0 Å². The van der Waals surface area contributed by atoms with Crippen LogP contribution >= 0.6 is 11.8 Å². The van der Waals surface area contributed by atoms with Crippen molar-refractivity contribution in [1.82, 2.24) is 14.3 Å². The van der Waals surface area contributed by atoms with E-state index in [4.69, 9.17) is 15.7 Å². The van der Waals surface area contributed by atoms with E-state index in [1.807, 2.05) is 6.07 Å². The zero-order valence-electron chi connectivity index (χ0n) is 13.7. The highest BCUT2D eigenvalue weighted by atomic mass is 32.2. The predicted molar refractivity (Wildman–Crippen MR) is 94.7 cm³/mol. The molecular formula is C15H17N5O3S2. The number of nitrogens with zero attached hydrogens (tertiary/aromatic N) is 4. The fraction of sp³-hybridized carbons (Fsp3) is 0.267. The molecule has 0 aliphatic carbocycles. The van der Waals surface area contributed by atoms with Crippen LogP contribution < -0.4 is 10.5 Å². The summed E-state index contributed by atoms with van der Waals surface area (Å²) in [6.45, 7) is 0.383. The molecule has 1 heterocycles. The molecule has 0 saturated carbocycles. The van der Waals surface area contributed by atoms with Crippen LogP contribution in [0.1, 0.15) is 5.56 Å². The van der Waals surface area contributed by atoms with E-state index in [0.717, 1.165) is 4.31 Å². The van der Waals surface area contributed by atoms with E-state index in [1.165, 1.54) is 44.2 Å². The van der Waals surface area contributed by atoms with Gasteiger partial charge in [-0.2, -0.15) is 5.26 Å². The molecule has 2 rings (SSSR count). The Morgan fingerprint density at radius 2 is 2.00 bits per heavy atom. The molecule has 2 aromatic rings. The first-order chi connectivity index (χ1) is 11.8. The lowest BCUT2D eigenvalue weighted by atomic mass is 10.3. The quantitative estimate of drug-likeness (QED) is 0.434. The number of nitrogen functional groups attached to an aromatic ring is 1. The lowest BCUT2D eigenvalue weighted by Crippen LogP contribution is -2.22. The first kappa shape index (κ1) is 19.0. The van der Waals surface area contributed by atoms with E-state index >= 15 is 0 Å². The van der Waals surface area contributed by atoms with Gasteiger partial charge < -0.3 is 10.5 Å². The summed E-state index contributed by atoms with van der Waals surface area (Å²) in [7, 11) is -0.480. The number of benzene rings is 1. The lowest BCUT2D eigenvalue weighted by molar-refractivity contribution is 0.343. The first-order valence-corrected chi connectivity index (χ1v) is 9.58. The van der Waals surface area contributed by atoms with E-state index < -0.39 is 10.0 Å². The van der Waals surface area contributed by atoms with Gasteiger partial charge in [0.05, 0.1) is 17.7 Å². The molecule has 0 saturated heterocycles. The molecule has 25 heavy (non-hydrogen) atoms. The van der Waals surface area contributed by atoms with E-state index in [1.54, 1.807) is 12.1 Å². The molecule has 2 N–H and O–H groups in total. The summed E-state index contributed by atoms with van der Waals surface area (Å²) in [4.78, 5) is 8.27. The molecule has 0 spiro atoms. The summed E-state index contributed by atoms with van der Waals surface area (Å²) in [5.41, 5.74) is 5.87. The summed E-state index contributed by atoms with van der Waals surface area (Å²) >= 11 is 1.35. The highest BCUT2D eigenvalue weighted by Gasteiger charge is 2.16. The Bertz CT molecular complexity index is 877. The van der Waals surface area contributed by atoms with Crippen molar-refractivity contribution in [3.05, 3.63) is 36.0 Å². The number of ether oxygens (including phenoxy) is 1. The van der Waals surface area contributed by atoms with Gasteiger partial charge in [-0.3, -0.25) is 0 Å². The number of anilines is 1. The third-order valence-electron chi connectivity index (χ3n) is 3.10. The van der Waals surface area contributed by atoms with Crippen molar-refractivity contribution in [3.8, 4) is 11.8 Å². The zero-order valence-corrected chi connectivity index (χ0v) is 15.3. The number of hydrogen-bond acceptors (Lipinski definition) is 8. The van der Waals surface area contributed by atoms with Crippen molar-refractivity contribution in [2.45, 2.75) is 10.1 Å². The summed E-state index contributed by atoms with van der Waals surface area (Å²) in [5.74, 6) is 1.29. The van der Waals surface area contributed by atoms with Gasteiger partial charge in [-0.25, -0.2) is 22.7 Å². The first-order valence-electron chi connectivity index (χ1n) is 7.15. The fourth-order valence-electron chi connectivity index (χ4n) is 1.74. The molecule has 0 unspecified atom stereocenters. The van der Waals surface area contributed by atoms with Gasteiger partial charge in [0.15, 0.2) is 5.16 Å². The normalized spacial score (nSPS) is 11.3. The van der Waals surface area contributed by atoms with E-state index in [2.05, 4.69) is 9.97 Å². The Balaban J connectivity index is 1.86. The van der Waals surface area contributed by atoms with Crippen molar-refractivity contribution in [2.75, 3.05) is 32.2 Å². The van der Waals surface area contributed by atoms with Gasteiger partial charge in [0.2, 0.25) is 10.0 Å². The fourth-order valence-corrected chi connectivity index (χ4v) is 3.29. The predicted octanol–water partition coefficient (Wildman–Crippen LogP) is 1.35. The van der Waals surface area contributed by atoms with Crippen LogP contribution in [0.15, 0.2) is 40.5 Å². The number of nitrogens with two attached hydrogens (primary N) is 1. The van der Waals surface area contributed by atoms with Gasteiger partial charge in [-0.05, 0) is 24.3 Å². The second kappa shape index (κ2) is 8.15. The molecule has 0 amide bonds. The molecule has 132 valence electrons. The molecule has 0 bridgehead atoms. The maximum atomic E-state index is 12.0. The third kappa shape index (κ3) is 4.82. The Morgan fingerprint density at radius 3 is 2.56 bits per heavy atom. The van der Waals surface area contributed by atoms with Crippen molar-refractivity contribution in [2.24, 2.45) is 0 Å². The molecule has 0 atom stereocenters. The average molecular weight is 379 g/mol. The van der Waals surface area contributed by atoms with Crippen LogP contribution in [0.3, 0.4) is 0 Å². The maximum absolute atomic E-state index is 12.0. The number of thioether (sulfide) groups is 1. The molecule has 0 aliphatic heterocycles. The summed E-state index contributed by atoms with van der Waals surface area (Å²) in [5, 5.41) is 9.24. The van der Waals surface area contributed by atoms with Crippen LogP contribution in [0.2, 0.25) is 0 Å². The zero-order chi connectivity index (χ0) is 18.4. The molecule has 0 aliphatic rings. The third-order valence-corrected chi connectivity index (χ3v) is 5.76. The summed E-state index contributed by atoms with van der Waals surface area (Å²) in [6, 6.07) is 8.12. The summed E-state index contributed by atoms with van der Waals surface area (Å²) in [6.07, 6.45) is 1.38. The molecule has 1 aromatic carbocycles. The molecule has 8 nitrogen and oxygen atoms in total. The van der Waals surface area contributed by atoms with Crippen LogP contribution in [0.25, 0.3) is 0 Å². The van der Waals surface area contributed by atoms with Crippen LogP contribution in [-0.4, -0.2) is 49.1 Å². The van der Waals surface area contributed by atoms with E-state index in [0.29, 0.717) is 23.3 Å². The van der Waals surface area contributed by atoms with Gasteiger partial charge >= 0.3 is 0 Å². The second-order valence-corrected chi connectivity index (χ2v) is 8.23. The maximum Gasteiger partial charge on any atom is 0.242 e. The van der Waals surface area contributed by atoms with Crippen molar-refractivity contribution in [3.63, 3.8) is 0 Å². The largest absolute Gasteiger partial charge is 0.493 e. The van der Waals surface area contributed by atoms with Gasteiger partial charge in [0, 0.05) is 19.8 Å². The Labute approximate surface area is 150 Å². The topological polar surface area (TPSA) is 122 Å². The smallest absolute Gasteiger partial charge is 0.242 e. The van der Waals surface area contributed by atoms with Gasteiger partial charge in [0.25, 0.3) is 0 Å². The summed E-state index contributed by atoms with van der Waals surface area (Å²) < 4.78 is 30.7. The number of rotatable bonds is 7. The monoisotopic (exact) mass is 379 g/mol. The lowest BCUT2D eigenvalue weighted by Gasteiger charge is -2.12.